The average molecular weight is 179 g/mol. The van der Waals surface area contributed by atoms with Gasteiger partial charge in [0, 0.05) is 0 Å². The molecule has 0 bridgehead atoms. The molecule has 1 aromatic carbocycles. The minimum absolute atomic E-state index is 0. The Kier molecular flexibility index (Phi) is 3.92. The van der Waals surface area contributed by atoms with E-state index < -0.39 is 0 Å². The normalized spacial score (nSPS) is 6.86. The van der Waals surface area contributed by atoms with Crippen LogP contribution in [-0.4, -0.2) is 0 Å². The summed E-state index contributed by atoms with van der Waals surface area (Å²) >= 11 is 0. The third-order valence-corrected chi connectivity index (χ3v) is 0.667. The van der Waals surface area contributed by atoms with Gasteiger partial charge in [0.25, 0.3) is 0 Å². The summed E-state index contributed by atoms with van der Waals surface area (Å²) in [6, 6.07) is 12.0. The molecule has 1 aromatic rings. The van der Waals surface area contributed by atoms with Crippen LogP contribution in [0.3, 0.4) is 0 Å². The van der Waals surface area contributed by atoms with Gasteiger partial charge in [-0.1, -0.05) is 36.4 Å². The third kappa shape index (κ3) is 2.53. The largest absolute Gasteiger partial charge is 2.00 e. The second-order valence-corrected chi connectivity index (χ2v) is 1.15. The van der Waals surface area contributed by atoms with Crippen molar-refractivity contribution in [1.82, 2.24) is 0 Å². The number of hydrogen-bond donors (Lipinski definition) is 0. The summed E-state index contributed by atoms with van der Waals surface area (Å²) in [5.41, 5.74) is 0. The molecular weight excluding hydrogens is 173 g/mol. The molecule has 36 valence electrons. The molecule has 0 aliphatic heterocycles. The molecule has 0 unspecified atom stereocenters. The van der Waals surface area contributed by atoms with Gasteiger partial charge in [0.15, 0.2) is 0 Å². The molecule has 0 spiro atoms. The van der Waals surface area contributed by atoms with E-state index in [1.54, 1.807) is 0 Å². The van der Waals surface area contributed by atoms with Gasteiger partial charge in [0.1, 0.15) is 0 Å². The Morgan fingerprint density at radius 1 is 0.429 bits per heavy atom. The van der Waals surface area contributed by atoms with Crippen molar-refractivity contribution < 1.29 is 19.5 Å². The topological polar surface area (TPSA) is 0 Å². The molecule has 1 rings (SSSR count). The van der Waals surface area contributed by atoms with Crippen molar-refractivity contribution in [2.75, 3.05) is 0 Å². The summed E-state index contributed by atoms with van der Waals surface area (Å²) < 4.78 is 0. The minimum atomic E-state index is 0. The zero-order valence-corrected chi connectivity index (χ0v) is 5.56. The van der Waals surface area contributed by atoms with E-state index in [0.717, 1.165) is 0 Å². The number of benzene rings is 1. The van der Waals surface area contributed by atoms with E-state index in [4.69, 9.17) is 0 Å². The minimum Gasteiger partial charge on any atom is -0.0623 e. The molecule has 0 aromatic heterocycles. The van der Waals surface area contributed by atoms with Gasteiger partial charge < -0.3 is 0 Å². The fraction of sp³-hybridized carbons (Fsp3) is 0. The van der Waals surface area contributed by atoms with Gasteiger partial charge in [-0.15, -0.1) is 0 Å². The molecule has 0 saturated heterocycles. The standard InChI is InChI=1S/C6H6.Ru/c1-2-4-6-5-3-1;/h1-6H;/q;+2. The maximum absolute atomic E-state index is 2.00. The Balaban J connectivity index is 0.000000360. The van der Waals surface area contributed by atoms with Crippen molar-refractivity contribution >= 4 is 0 Å². The molecule has 0 saturated carbocycles. The van der Waals surface area contributed by atoms with Crippen LogP contribution in [0.5, 0.6) is 0 Å². The zero-order chi connectivity index (χ0) is 4.24. The van der Waals surface area contributed by atoms with Gasteiger partial charge in [0.2, 0.25) is 0 Å². The van der Waals surface area contributed by atoms with E-state index in [2.05, 4.69) is 0 Å². The average Bonchev–Trinajstić information content (AvgIpc) is 1.72. The summed E-state index contributed by atoms with van der Waals surface area (Å²) in [5, 5.41) is 0. The van der Waals surface area contributed by atoms with Crippen molar-refractivity contribution in [3.05, 3.63) is 36.4 Å². The molecule has 0 amide bonds. The van der Waals surface area contributed by atoms with Crippen molar-refractivity contribution in [3.63, 3.8) is 0 Å². The predicted molar refractivity (Wildman–Crippen MR) is 26.4 cm³/mol. The monoisotopic (exact) mass is 180 g/mol. The third-order valence-electron chi connectivity index (χ3n) is 0.667. The number of rotatable bonds is 0. The van der Waals surface area contributed by atoms with Gasteiger partial charge >= 0.3 is 19.5 Å². The Morgan fingerprint density at radius 3 is 0.714 bits per heavy atom. The molecule has 1 heteroatoms. The van der Waals surface area contributed by atoms with Crippen LogP contribution in [0.1, 0.15) is 0 Å². The molecule has 0 radical (unpaired) electrons. The molecule has 0 aliphatic rings. The maximum Gasteiger partial charge on any atom is 2.00 e. The van der Waals surface area contributed by atoms with Crippen LogP contribution >= 0.6 is 0 Å². The fourth-order valence-electron chi connectivity index (χ4n) is 0.385. The second-order valence-electron chi connectivity index (χ2n) is 1.15. The van der Waals surface area contributed by atoms with Crippen LogP contribution < -0.4 is 0 Å². The van der Waals surface area contributed by atoms with E-state index in [0.29, 0.717) is 0 Å². The van der Waals surface area contributed by atoms with Crippen molar-refractivity contribution in [1.29, 1.82) is 0 Å². The quantitative estimate of drug-likeness (QED) is 0.531. The first-order valence-corrected chi connectivity index (χ1v) is 2.00. The van der Waals surface area contributed by atoms with Crippen LogP contribution in [-0.2, 0) is 19.5 Å². The summed E-state index contributed by atoms with van der Waals surface area (Å²) in [6.45, 7) is 0. The molecule has 0 fully saturated rings. The maximum atomic E-state index is 2.00. The van der Waals surface area contributed by atoms with Gasteiger partial charge in [-0.3, -0.25) is 0 Å². The van der Waals surface area contributed by atoms with Crippen molar-refractivity contribution in [3.8, 4) is 0 Å². The van der Waals surface area contributed by atoms with E-state index in [1.165, 1.54) is 0 Å². The Bertz CT molecular complexity index is 76.1. The smallest absolute Gasteiger partial charge is 0.0623 e. The van der Waals surface area contributed by atoms with E-state index in [-0.39, 0.29) is 19.5 Å². The first kappa shape index (κ1) is 6.84. The molecule has 0 N–H and O–H groups in total. The first-order valence-electron chi connectivity index (χ1n) is 2.00. The molecule has 0 atom stereocenters. The summed E-state index contributed by atoms with van der Waals surface area (Å²) in [6.07, 6.45) is 0. The molecule has 0 nitrogen and oxygen atoms in total. The van der Waals surface area contributed by atoms with Gasteiger partial charge in [0.05, 0.1) is 0 Å². The van der Waals surface area contributed by atoms with E-state index in [9.17, 15) is 0 Å². The molecule has 0 heterocycles. The van der Waals surface area contributed by atoms with Gasteiger partial charge in [-0.25, -0.2) is 0 Å². The van der Waals surface area contributed by atoms with Crippen LogP contribution in [0.4, 0.5) is 0 Å². The first-order chi connectivity index (χ1) is 3.00. The Morgan fingerprint density at radius 2 is 0.571 bits per heavy atom. The van der Waals surface area contributed by atoms with Crippen LogP contribution in [0.25, 0.3) is 0 Å². The molecular formula is C6H6Ru+2. The van der Waals surface area contributed by atoms with E-state index >= 15 is 0 Å². The van der Waals surface area contributed by atoms with Crippen LogP contribution in [0.15, 0.2) is 36.4 Å². The fourth-order valence-corrected chi connectivity index (χ4v) is 0.385. The van der Waals surface area contributed by atoms with Crippen LogP contribution in [0.2, 0.25) is 0 Å². The predicted octanol–water partition coefficient (Wildman–Crippen LogP) is 1.68. The SMILES string of the molecule is [Ru+2].c1ccccc1. The Hall–Kier alpha value is -0.157. The van der Waals surface area contributed by atoms with E-state index in [1.807, 2.05) is 36.4 Å². The van der Waals surface area contributed by atoms with Gasteiger partial charge in [-0.05, 0) is 0 Å². The zero-order valence-electron chi connectivity index (χ0n) is 3.82. The summed E-state index contributed by atoms with van der Waals surface area (Å²) in [7, 11) is 0. The Labute approximate surface area is 56.3 Å². The van der Waals surface area contributed by atoms with Crippen molar-refractivity contribution in [2.45, 2.75) is 0 Å². The number of hydrogen-bond acceptors (Lipinski definition) is 0. The molecule has 7 heavy (non-hydrogen) atoms. The van der Waals surface area contributed by atoms with Crippen LogP contribution in [0, 0.1) is 0 Å². The second kappa shape index (κ2) is 4.01. The van der Waals surface area contributed by atoms with Crippen molar-refractivity contribution in [2.24, 2.45) is 0 Å². The summed E-state index contributed by atoms with van der Waals surface area (Å²) in [5.74, 6) is 0. The molecule has 0 aliphatic carbocycles. The summed E-state index contributed by atoms with van der Waals surface area (Å²) in [4.78, 5) is 0. The van der Waals surface area contributed by atoms with Gasteiger partial charge in [-0.2, -0.15) is 0 Å².